The number of benzene rings is 2. The van der Waals surface area contributed by atoms with E-state index in [2.05, 4.69) is 88.8 Å². The third kappa shape index (κ3) is 5.03. The number of aryl methyl sites for hydroxylation is 1. The summed E-state index contributed by atoms with van der Waals surface area (Å²) in [6.45, 7) is 3.50. The molecule has 0 spiro atoms. The largest absolute Gasteiger partial charge is 0.361 e. The molecule has 5 rings (SSSR count). The number of rotatable bonds is 8. The van der Waals surface area contributed by atoms with Crippen LogP contribution >= 0.6 is 0 Å². The van der Waals surface area contributed by atoms with Gasteiger partial charge in [0.15, 0.2) is 0 Å². The predicted molar refractivity (Wildman–Crippen MR) is 135 cm³/mol. The molecule has 5 nitrogen and oxygen atoms in total. The second-order valence-corrected chi connectivity index (χ2v) is 9.88. The third-order valence-corrected chi connectivity index (χ3v) is 7.66. The summed E-state index contributed by atoms with van der Waals surface area (Å²) in [6, 6.07) is 18.2. The van der Waals surface area contributed by atoms with Gasteiger partial charge in [0.2, 0.25) is 0 Å². The van der Waals surface area contributed by atoms with Crippen molar-refractivity contribution in [2.75, 3.05) is 13.6 Å². The number of fused-ring (bicyclic) bond motifs is 1. The molecule has 2 aromatic heterocycles. The van der Waals surface area contributed by atoms with E-state index in [1.807, 2.05) is 4.57 Å². The Balaban J connectivity index is 1.13. The van der Waals surface area contributed by atoms with Crippen LogP contribution in [0.15, 0.2) is 67.4 Å². The van der Waals surface area contributed by atoms with Crippen molar-refractivity contribution in [2.45, 2.75) is 57.4 Å². The molecule has 1 fully saturated rings. The number of hydrogen-bond acceptors (Lipinski definition) is 3. The number of hydrogen-bond donors (Lipinski definition) is 1. The fraction of sp³-hybridized carbons (Fsp3) is 0.429. The van der Waals surface area contributed by atoms with E-state index in [0.29, 0.717) is 5.92 Å². The fourth-order valence-electron chi connectivity index (χ4n) is 5.57. The molecule has 0 radical (unpaired) electrons. The second kappa shape index (κ2) is 9.92. The molecule has 1 saturated carbocycles. The van der Waals surface area contributed by atoms with Crippen molar-refractivity contribution in [3.8, 4) is 5.69 Å². The summed E-state index contributed by atoms with van der Waals surface area (Å²) in [7, 11) is 2.32. The molecule has 0 saturated heterocycles. The van der Waals surface area contributed by atoms with Crippen molar-refractivity contribution in [3.63, 3.8) is 0 Å². The summed E-state index contributed by atoms with van der Waals surface area (Å²) in [5.41, 5.74) is 5.20. The molecule has 2 heterocycles. The summed E-state index contributed by atoms with van der Waals surface area (Å²) >= 11 is 0. The van der Waals surface area contributed by atoms with Crippen LogP contribution in [-0.2, 0) is 6.42 Å². The number of likely N-dealkylation sites (N-methyl/N-ethyl adjacent to an activating group) is 1. The van der Waals surface area contributed by atoms with Gasteiger partial charge in [0, 0.05) is 35.4 Å². The molecule has 1 aliphatic carbocycles. The lowest BCUT2D eigenvalue weighted by Gasteiger charge is -2.36. The lowest BCUT2D eigenvalue weighted by molar-refractivity contribution is 0.156. The van der Waals surface area contributed by atoms with Gasteiger partial charge in [0.05, 0.1) is 0 Å². The molecule has 1 N–H and O–H groups in total. The fourth-order valence-corrected chi connectivity index (χ4v) is 5.57. The molecule has 4 aromatic rings. The number of nitrogens with zero attached hydrogens (tertiary/aromatic N) is 4. The van der Waals surface area contributed by atoms with Crippen molar-refractivity contribution in [3.05, 3.63) is 78.5 Å². The minimum Gasteiger partial charge on any atom is -0.361 e. The zero-order valence-electron chi connectivity index (χ0n) is 19.8. The van der Waals surface area contributed by atoms with Gasteiger partial charge in [-0.25, -0.2) is 0 Å². The van der Waals surface area contributed by atoms with E-state index in [-0.39, 0.29) is 0 Å². The Morgan fingerprint density at radius 2 is 1.79 bits per heavy atom. The van der Waals surface area contributed by atoms with Crippen LogP contribution in [0.3, 0.4) is 0 Å². The Morgan fingerprint density at radius 3 is 2.55 bits per heavy atom. The van der Waals surface area contributed by atoms with Crippen LogP contribution in [-0.4, -0.2) is 44.3 Å². The number of aromatic amines is 1. The summed E-state index contributed by atoms with van der Waals surface area (Å²) in [4.78, 5) is 6.07. The maximum Gasteiger partial charge on any atom is 0.123 e. The van der Waals surface area contributed by atoms with Gasteiger partial charge in [0.25, 0.3) is 0 Å². The Kier molecular flexibility index (Phi) is 6.58. The second-order valence-electron chi connectivity index (χ2n) is 9.88. The Morgan fingerprint density at radius 1 is 1.03 bits per heavy atom. The highest BCUT2D eigenvalue weighted by Gasteiger charge is 2.25. The highest BCUT2D eigenvalue weighted by atomic mass is 15.2. The first-order valence-corrected chi connectivity index (χ1v) is 12.4. The Hall–Kier alpha value is -2.92. The van der Waals surface area contributed by atoms with Gasteiger partial charge in [0.1, 0.15) is 12.7 Å². The van der Waals surface area contributed by atoms with Crippen LogP contribution in [0.4, 0.5) is 0 Å². The molecule has 172 valence electrons. The topological polar surface area (TPSA) is 49.7 Å². The minimum atomic E-state index is 0.582. The third-order valence-electron chi connectivity index (χ3n) is 7.66. The molecule has 1 aliphatic rings. The lowest BCUT2D eigenvalue weighted by Crippen LogP contribution is -2.37. The molecule has 0 amide bonds. The van der Waals surface area contributed by atoms with E-state index in [0.717, 1.165) is 30.6 Å². The van der Waals surface area contributed by atoms with Crippen molar-refractivity contribution in [1.82, 2.24) is 24.6 Å². The maximum absolute atomic E-state index is 3.94. The van der Waals surface area contributed by atoms with E-state index in [1.165, 1.54) is 54.1 Å². The quantitative estimate of drug-likeness (QED) is 0.366. The first kappa shape index (κ1) is 21.9. The molecule has 1 unspecified atom stereocenters. The van der Waals surface area contributed by atoms with Crippen molar-refractivity contribution < 1.29 is 0 Å². The zero-order valence-corrected chi connectivity index (χ0v) is 19.8. The van der Waals surface area contributed by atoms with Gasteiger partial charge in [-0.05, 0) is 86.7 Å². The van der Waals surface area contributed by atoms with E-state index in [4.69, 9.17) is 0 Å². The molecular formula is C28H35N5. The van der Waals surface area contributed by atoms with Gasteiger partial charge >= 0.3 is 0 Å². The lowest BCUT2D eigenvalue weighted by atomic mass is 9.82. The van der Waals surface area contributed by atoms with Crippen LogP contribution in [0.1, 0.15) is 56.1 Å². The first-order chi connectivity index (χ1) is 16.2. The van der Waals surface area contributed by atoms with E-state index in [9.17, 15) is 0 Å². The van der Waals surface area contributed by atoms with Gasteiger partial charge < -0.3 is 9.88 Å². The summed E-state index contributed by atoms with van der Waals surface area (Å²) < 4.78 is 1.96. The molecule has 33 heavy (non-hydrogen) atoms. The van der Waals surface area contributed by atoms with Crippen LogP contribution < -0.4 is 0 Å². The summed E-state index contributed by atoms with van der Waals surface area (Å²) in [5.74, 6) is 1.42. The van der Waals surface area contributed by atoms with E-state index in [1.54, 1.807) is 12.7 Å². The Labute approximate surface area is 196 Å². The van der Waals surface area contributed by atoms with Crippen molar-refractivity contribution >= 4 is 10.9 Å². The average molecular weight is 442 g/mol. The maximum atomic E-state index is 3.94. The highest BCUT2D eigenvalue weighted by Crippen LogP contribution is 2.32. The Bertz CT molecular complexity index is 1140. The molecule has 2 aromatic carbocycles. The molecule has 0 aliphatic heterocycles. The van der Waals surface area contributed by atoms with Crippen LogP contribution in [0.25, 0.3) is 16.6 Å². The van der Waals surface area contributed by atoms with Gasteiger partial charge in [-0.15, -0.1) is 10.2 Å². The summed E-state index contributed by atoms with van der Waals surface area (Å²) in [6.07, 6.45) is 13.5. The molecular weight excluding hydrogens is 406 g/mol. The normalized spacial score (nSPS) is 19.8. The highest BCUT2D eigenvalue weighted by molar-refractivity contribution is 5.85. The molecule has 1 atom stereocenters. The first-order valence-electron chi connectivity index (χ1n) is 12.4. The average Bonchev–Trinajstić information content (AvgIpc) is 3.53. The van der Waals surface area contributed by atoms with Crippen LogP contribution in [0, 0.1) is 5.92 Å². The SMILES string of the molecule is CC(CN(C)[C@H]1CC[C@@H](CCc2c[nH]c3ccc(-n4cnnc4)cc23)CC1)c1ccccc1. The zero-order chi connectivity index (χ0) is 22.6. The standard InChI is InChI=1S/C28H35N5/c1-21(23-6-4-3-5-7-23)18-32(2)25-12-9-22(10-13-25)8-11-24-17-29-28-15-14-26(16-27(24)28)33-19-30-31-20-33/h3-7,14-17,19-22,25,29H,8-13,18H2,1-2H3/t21?,22-,25+. The van der Waals surface area contributed by atoms with Gasteiger partial charge in [-0.2, -0.15) is 0 Å². The number of aromatic nitrogens is 4. The van der Waals surface area contributed by atoms with Crippen LogP contribution in [0.2, 0.25) is 0 Å². The minimum absolute atomic E-state index is 0.582. The smallest absolute Gasteiger partial charge is 0.123 e. The van der Waals surface area contributed by atoms with Crippen LogP contribution in [0.5, 0.6) is 0 Å². The monoisotopic (exact) mass is 441 g/mol. The predicted octanol–water partition coefficient (Wildman–Crippen LogP) is 5.98. The molecule has 5 heteroatoms. The van der Waals surface area contributed by atoms with Gasteiger partial charge in [-0.1, -0.05) is 37.3 Å². The summed E-state index contributed by atoms with van der Waals surface area (Å²) in [5, 5.41) is 9.20. The van der Waals surface area contributed by atoms with E-state index >= 15 is 0 Å². The van der Waals surface area contributed by atoms with Crippen molar-refractivity contribution in [1.29, 1.82) is 0 Å². The number of nitrogens with one attached hydrogen (secondary N) is 1. The van der Waals surface area contributed by atoms with Crippen molar-refractivity contribution in [2.24, 2.45) is 5.92 Å². The van der Waals surface area contributed by atoms with Gasteiger partial charge in [-0.3, -0.25) is 4.57 Å². The number of H-pyrrole nitrogens is 1. The van der Waals surface area contributed by atoms with E-state index < -0.39 is 0 Å². The molecule has 0 bridgehead atoms.